The van der Waals surface area contributed by atoms with Crippen LogP contribution in [-0.4, -0.2) is 31.8 Å². The first-order valence-corrected chi connectivity index (χ1v) is 10.5. The molecule has 2 aromatic heterocycles. The molecule has 0 aliphatic carbocycles. The van der Waals surface area contributed by atoms with Gasteiger partial charge in [0.15, 0.2) is 5.43 Å². The number of hydrogen-bond acceptors (Lipinski definition) is 6. The molecule has 0 N–H and O–H groups in total. The van der Waals surface area contributed by atoms with Crippen molar-refractivity contribution in [3.05, 3.63) is 104 Å². The molecule has 4 aromatic rings. The quantitative estimate of drug-likeness (QED) is 0.330. The van der Waals surface area contributed by atoms with Crippen LogP contribution >= 0.6 is 0 Å². The van der Waals surface area contributed by atoms with Crippen LogP contribution in [0, 0.1) is 17.0 Å². The third kappa shape index (κ3) is 3.57. The van der Waals surface area contributed by atoms with Gasteiger partial charge in [0.05, 0.1) is 28.2 Å². The maximum Gasteiger partial charge on any atom is 0.290 e. The Morgan fingerprint density at radius 2 is 2.00 bits per heavy atom. The lowest BCUT2D eigenvalue weighted by atomic mass is 9.97. The minimum absolute atomic E-state index is 0.00418. The van der Waals surface area contributed by atoms with Crippen molar-refractivity contribution in [1.29, 1.82) is 0 Å². The maximum absolute atomic E-state index is 13.5. The number of nitro groups is 1. The van der Waals surface area contributed by atoms with Crippen LogP contribution in [0.15, 0.2) is 70.4 Å². The van der Waals surface area contributed by atoms with E-state index in [2.05, 4.69) is 4.98 Å². The van der Waals surface area contributed by atoms with Crippen molar-refractivity contribution in [2.75, 3.05) is 6.54 Å². The molecular weight excluding hydrogens is 424 g/mol. The van der Waals surface area contributed by atoms with E-state index >= 15 is 0 Å². The van der Waals surface area contributed by atoms with Crippen LogP contribution in [0.3, 0.4) is 0 Å². The molecule has 5 rings (SSSR count). The molecule has 0 radical (unpaired) electrons. The Kier molecular flexibility index (Phi) is 5.01. The fourth-order valence-electron chi connectivity index (χ4n) is 4.36. The molecule has 1 aliphatic heterocycles. The molecule has 166 valence electrons. The molecular formula is C24H20N4O5. The van der Waals surface area contributed by atoms with Gasteiger partial charge in [0, 0.05) is 37.6 Å². The topological polar surface area (TPSA) is 111 Å². The summed E-state index contributed by atoms with van der Waals surface area (Å²) >= 11 is 0. The van der Waals surface area contributed by atoms with E-state index in [-0.39, 0.29) is 22.4 Å². The number of carbonyl (C=O) groups excluding carboxylic acids is 1. The van der Waals surface area contributed by atoms with E-state index < -0.39 is 16.9 Å². The summed E-state index contributed by atoms with van der Waals surface area (Å²) in [5.74, 6) is -0.401. The molecule has 9 nitrogen and oxygen atoms in total. The van der Waals surface area contributed by atoms with Crippen molar-refractivity contribution in [1.82, 2.24) is 14.5 Å². The number of nitrogens with zero attached hydrogens (tertiary/aromatic N) is 4. The molecule has 0 bridgehead atoms. The van der Waals surface area contributed by atoms with E-state index in [9.17, 15) is 19.7 Å². The van der Waals surface area contributed by atoms with Crippen molar-refractivity contribution < 1.29 is 14.1 Å². The summed E-state index contributed by atoms with van der Waals surface area (Å²) < 4.78 is 7.82. The zero-order valence-corrected chi connectivity index (χ0v) is 17.8. The Morgan fingerprint density at radius 1 is 1.15 bits per heavy atom. The number of carbonyl (C=O) groups is 1. The Hall–Kier alpha value is -4.27. The zero-order valence-electron chi connectivity index (χ0n) is 17.8. The van der Waals surface area contributed by atoms with Gasteiger partial charge in [0.2, 0.25) is 5.76 Å². The number of hydrogen-bond donors (Lipinski definition) is 0. The number of rotatable bonds is 6. The molecule has 0 saturated heterocycles. The van der Waals surface area contributed by atoms with Crippen LogP contribution in [0.1, 0.15) is 39.7 Å². The lowest BCUT2D eigenvalue weighted by Gasteiger charge is -2.25. The molecule has 0 saturated carbocycles. The fraction of sp³-hybridized carbons (Fsp3) is 0.208. The number of amides is 1. The predicted octanol–water partition coefficient (Wildman–Crippen LogP) is 3.84. The van der Waals surface area contributed by atoms with E-state index in [4.69, 9.17) is 4.42 Å². The highest BCUT2D eigenvalue weighted by Crippen LogP contribution is 2.39. The van der Waals surface area contributed by atoms with Gasteiger partial charge >= 0.3 is 0 Å². The van der Waals surface area contributed by atoms with Gasteiger partial charge in [-0.2, -0.15) is 0 Å². The molecule has 1 aliphatic rings. The molecule has 2 aromatic carbocycles. The standard InChI is InChI=1S/C24H20N4O5/c1-15-6-7-19-18(12-15)22(29)20-21(16-4-2-5-17(13-16)28(31)32)27(24(30)23(20)33-19)10-3-9-26-11-8-25-14-26/h2,4-8,11-14,21H,3,9-10H2,1H3. The number of aryl methyl sites for hydroxylation is 2. The largest absolute Gasteiger partial charge is 0.450 e. The van der Waals surface area contributed by atoms with Gasteiger partial charge in [-0.05, 0) is 31.0 Å². The van der Waals surface area contributed by atoms with Gasteiger partial charge in [-0.15, -0.1) is 0 Å². The summed E-state index contributed by atoms with van der Waals surface area (Å²) in [7, 11) is 0. The molecule has 3 heterocycles. The second-order valence-electron chi connectivity index (χ2n) is 8.08. The van der Waals surface area contributed by atoms with Crippen molar-refractivity contribution in [3.8, 4) is 0 Å². The molecule has 1 atom stereocenters. The van der Waals surface area contributed by atoms with Crippen LogP contribution in [0.25, 0.3) is 11.0 Å². The van der Waals surface area contributed by atoms with Gasteiger partial charge in [-0.1, -0.05) is 23.8 Å². The average molecular weight is 444 g/mol. The first-order valence-electron chi connectivity index (χ1n) is 10.5. The first-order chi connectivity index (χ1) is 15.9. The number of nitro benzene ring substituents is 1. The Balaban J connectivity index is 1.63. The Labute approximate surface area is 188 Å². The van der Waals surface area contributed by atoms with Gasteiger partial charge < -0.3 is 13.9 Å². The maximum atomic E-state index is 13.5. The number of imidazole rings is 1. The van der Waals surface area contributed by atoms with Gasteiger partial charge in [0.1, 0.15) is 5.58 Å². The smallest absolute Gasteiger partial charge is 0.290 e. The second-order valence-corrected chi connectivity index (χ2v) is 8.08. The van der Waals surface area contributed by atoms with Crippen molar-refractivity contribution in [2.45, 2.75) is 25.9 Å². The molecule has 0 fully saturated rings. The molecule has 1 amide bonds. The second kappa shape index (κ2) is 8.01. The number of aromatic nitrogens is 2. The van der Waals surface area contributed by atoms with Crippen molar-refractivity contribution in [2.24, 2.45) is 0 Å². The van der Waals surface area contributed by atoms with Gasteiger partial charge in [0.25, 0.3) is 11.6 Å². The monoisotopic (exact) mass is 444 g/mol. The SMILES string of the molecule is Cc1ccc2oc3c(c(=O)c2c1)C(c1cccc([N+](=O)[O-])c1)N(CCCn1ccnc1)C3=O. The summed E-state index contributed by atoms with van der Waals surface area (Å²) in [6.45, 7) is 2.84. The minimum Gasteiger partial charge on any atom is -0.450 e. The number of benzene rings is 2. The Morgan fingerprint density at radius 3 is 2.76 bits per heavy atom. The highest BCUT2D eigenvalue weighted by Gasteiger charge is 2.42. The third-order valence-corrected chi connectivity index (χ3v) is 5.89. The summed E-state index contributed by atoms with van der Waals surface area (Å²) in [6.07, 6.45) is 5.81. The van der Waals surface area contributed by atoms with Crippen molar-refractivity contribution >= 4 is 22.6 Å². The summed E-state index contributed by atoms with van der Waals surface area (Å²) in [4.78, 5) is 43.4. The summed E-state index contributed by atoms with van der Waals surface area (Å²) in [5.41, 5.74) is 1.56. The highest BCUT2D eigenvalue weighted by atomic mass is 16.6. The van der Waals surface area contributed by atoms with E-state index in [1.165, 1.54) is 12.1 Å². The van der Waals surface area contributed by atoms with Crippen LogP contribution in [0.5, 0.6) is 0 Å². The Bertz CT molecular complexity index is 1440. The molecule has 0 spiro atoms. The molecule has 9 heteroatoms. The summed E-state index contributed by atoms with van der Waals surface area (Å²) in [5, 5.41) is 11.8. The van der Waals surface area contributed by atoms with E-state index in [1.807, 2.05) is 23.8 Å². The average Bonchev–Trinajstić information content (AvgIpc) is 3.42. The normalized spacial score (nSPS) is 15.2. The number of non-ortho nitro benzene ring substituents is 1. The number of fused-ring (bicyclic) bond motifs is 2. The lowest BCUT2D eigenvalue weighted by Crippen LogP contribution is -2.31. The van der Waals surface area contributed by atoms with Crippen LogP contribution in [-0.2, 0) is 6.54 Å². The predicted molar refractivity (Wildman–Crippen MR) is 120 cm³/mol. The third-order valence-electron chi connectivity index (χ3n) is 5.89. The fourth-order valence-corrected chi connectivity index (χ4v) is 4.36. The minimum atomic E-state index is -0.767. The highest BCUT2D eigenvalue weighted by molar-refractivity contribution is 5.99. The van der Waals surface area contributed by atoms with Crippen molar-refractivity contribution in [3.63, 3.8) is 0 Å². The molecule has 1 unspecified atom stereocenters. The van der Waals surface area contributed by atoms with E-state index in [0.29, 0.717) is 36.0 Å². The van der Waals surface area contributed by atoms with Gasteiger partial charge in [-0.3, -0.25) is 19.7 Å². The van der Waals surface area contributed by atoms with E-state index in [0.717, 1.165) is 5.56 Å². The van der Waals surface area contributed by atoms with Gasteiger partial charge in [-0.25, -0.2) is 4.98 Å². The lowest BCUT2D eigenvalue weighted by molar-refractivity contribution is -0.384. The van der Waals surface area contributed by atoms with Crippen LogP contribution in [0.4, 0.5) is 5.69 Å². The zero-order chi connectivity index (χ0) is 23.1. The first kappa shape index (κ1) is 20.6. The molecule has 33 heavy (non-hydrogen) atoms. The van der Waals surface area contributed by atoms with Crippen LogP contribution in [0.2, 0.25) is 0 Å². The van der Waals surface area contributed by atoms with Crippen LogP contribution < -0.4 is 5.43 Å². The summed E-state index contributed by atoms with van der Waals surface area (Å²) in [6, 6.07) is 10.5. The van der Waals surface area contributed by atoms with E-state index in [1.54, 1.807) is 41.7 Å².